The molecule has 0 aliphatic carbocycles. The smallest absolute Gasteiger partial charge is 0.272 e. The number of benzene rings is 1. The van der Waals surface area contributed by atoms with Gasteiger partial charge in [0, 0.05) is 56.3 Å². The van der Waals surface area contributed by atoms with E-state index >= 15 is 0 Å². The van der Waals surface area contributed by atoms with Crippen molar-refractivity contribution in [1.82, 2.24) is 29.0 Å². The quantitative estimate of drug-likeness (QED) is 0.353. The number of rotatable bonds is 8. The predicted molar refractivity (Wildman–Crippen MR) is 126 cm³/mol. The molecule has 3 heterocycles. The van der Waals surface area contributed by atoms with Crippen LogP contribution in [0.5, 0.6) is 0 Å². The minimum Gasteiger partial charge on any atom is -0.335 e. The van der Waals surface area contributed by atoms with Crippen molar-refractivity contribution in [1.29, 1.82) is 0 Å². The molecule has 1 amide bonds. The predicted octanol–water partition coefficient (Wildman–Crippen LogP) is 1.57. The molecule has 0 spiro atoms. The van der Waals surface area contributed by atoms with Gasteiger partial charge in [-0.2, -0.15) is 9.40 Å². The number of carbonyl (C=O) groups is 2. The van der Waals surface area contributed by atoms with Crippen molar-refractivity contribution in [3.63, 3.8) is 0 Å². The van der Waals surface area contributed by atoms with Crippen LogP contribution < -0.4 is 0 Å². The third kappa shape index (κ3) is 5.54. The Morgan fingerprint density at radius 2 is 1.82 bits per heavy atom. The second-order valence-corrected chi connectivity index (χ2v) is 10.1. The van der Waals surface area contributed by atoms with Gasteiger partial charge in [0.15, 0.2) is 5.82 Å². The largest absolute Gasteiger partial charge is 0.335 e. The zero-order valence-electron chi connectivity index (χ0n) is 18.9. The van der Waals surface area contributed by atoms with Crippen LogP contribution in [0, 0.1) is 0 Å². The second-order valence-electron chi connectivity index (χ2n) is 8.08. The lowest BCUT2D eigenvalue weighted by Gasteiger charge is -2.33. The molecule has 0 N–H and O–H groups in total. The molecule has 178 valence electrons. The van der Waals surface area contributed by atoms with E-state index in [1.54, 1.807) is 21.8 Å². The lowest BCUT2D eigenvalue weighted by molar-refractivity contribution is -0.107. The van der Waals surface area contributed by atoms with Crippen LogP contribution in [-0.2, 0) is 21.2 Å². The van der Waals surface area contributed by atoms with E-state index in [1.807, 2.05) is 36.5 Å². The first kappa shape index (κ1) is 23.7. The topological polar surface area (TPSA) is 118 Å². The number of hydrogen-bond donors (Lipinski definition) is 0. The molecule has 1 aliphatic heterocycles. The Morgan fingerprint density at radius 3 is 2.44 bits per heavy atom. The summed E-state index contributed by atoms with van der Waals surface area (Å²) in [7, 11) is -3.29. The van der Waals surface area contributed by atoms with Gasteiger partial charge < -0.3 is 9.69 Å². The molecule has 1 aromatic carbocycles. The molecule has 3 aromatic rings. The minimum atomic E-state index is -3.29. The SMILES string of the molecule is CS(=O)(=O)N1CCN(C(=O)c2cc(CCCC=O)nc(-c3ccc(-n4cccn4)cc3)n2)CC1. The van der Waals surface area contributed by atoms with Gasteiger partial charge in [-0.15, -0.1) is 0 Å². The van der Waals surface area contributed by atoms with E-state index in [0.717, 1.165) is 17.5 Å². The molecule has 34 heavy (non-hydrogen) atoms. The van der Waals surface area contributed by atoms with E-state index < -0.39 is 10.0 Å². The molecule has 0 atom stereocenters. The highest BCUT2D eigenvalue weighted by atomic mass is 32.2. The van der Waals surface area contributed by atoms with Crippen LogP contribution in [-0.4, -0.2) is 82.0 Å². The van der Waals surface area contributed by atoms with Gasteiger partial charge in [0.2, 0.25) is 10.0 Å². The highest BCUT2D eigenvalue weighted by molar-refractivity contribution is 7.88. The van der Waals surface area contributed by atoms with E-state index in [9.17, 15) is 18.0 Å². The third-order valence-corrected chi connectivity index (χ3v) is 6.95. The number of aromatic nitrogens is 4. The van der Waals surface area contributed by atoms with Crippen molar-refractivity contribution in [2.24, 2.45) is 0 Å². The minimum absolute atomic E-state index is 0.254. The van der Waals surface area contributed by atoms with Gasteiger partial charge in [0.25, 0.3) is 5.91 Å². The zero-order chi connectivity index (χ0) is 24.1. The monoisotopic (exact) mass is 482 g/mol. The summed E-state index contributed by atoms with van der Waals surface area (Å²) in [5.41, 5.74) is 2.58. The Hall–Kier alpha value is -3.44. The summed E-state index contributed by atoms with van der Waals surface area (Å²) in [5, 5.41) is 4.22. The molecule has 0 bridgehead atoms. The molecule has 0 saturated carbocycles. The summed E-state index contributed by atoms with van der Waals surface area (Å²) in [6, 6.07) is 11.1. The second kappa shape index (κ2) is 10.2. The molecule has 1 aliphatic rings. The number of unbranched alkanes of at least 4 members (excludes halogenated alkanes) is 1. The van der Waals surface area contributed by atoms with Crippen LogP contribution in [0.3, 0.4) is 0 Å². The van der Waals surface area contributed by atoms with Crippen molar-refractivity contribution >= 4 is 22.2 Å². The molecular formula is C23H26N6O4S. The lowest BCUT2D eigenvalue weighted by atomic mass is 10.1. The fourth-order valence-electron chi connectivity index (χ4n) is 3.80. The summed E-state index contributed by atoms with van der Waals surface area (Å²) in [4.78, 5) is 34.8. The summed E-state index contributed by atoms with van der Waals surface area (Å²) in [6.45, 7) is 1.10. The van der Waals surface area contributed by atoms with E-state index in [1.165, 1.54) is 10.6 Å². The fourth-order valence-corrected chi connectivity index (χ4v) is 4.63. The molecular weight excluding hydrogens is 456 g/mol. The maximum atomic E-state index is 13.2. The van der Waals surface area contributed by atoms with Crippen molar-refractivity contribution in [3.8, 4) is 17.1 Å². The van der Waals surface area contributed by atoms with Gasteiger partial charge >= 0.3 is 0 Å². The van der Waals surface area contributed by atoms with E-state index in [4.69, 9.17) is 0 Å². The average molecular weight is 483 g/mol. The van der Waals surface area contributed by atoms with Crippen molar-refractivity contribution in [3.05, 3.63) is 60.2 Å². The number of sulfonamides is 1. The number of amides is 1. The molecule has 2 aromatic heterocycles. The Bertz CT molecular complexity index is 1250. The summed E-state index contributed by atoms with van der Waals surface area (Å²) < 4.78 is 26.7. The third-order valence-electron chi connectivity index (χ3n) is 5.64. The normalized spacial score (nSPS) is 14.8. The number of piperazine rings is 1. The van der Waals surface area contributed by atoms with E-state index in [-0.39, 0.29) is 24.7 Å². The first-order valence-electron chi connectivity index (χ1n) is 11.0. The Balaban J connectivity index is 1.59. The van der Waals surface area contributed by atoms with E-state index in [0.29, 0.717) is 43.9 Å². The summed E-state index contributed by atoms with van der Waals surface area (Å²) in [6.07, 6.45) is 7.16. The van der Waals surface area contributed by atoms with Crippen molar-refractivity contribution in [2.45, 2.75) is 19.3 Å². The highest BCUT2D eigenvalue weighted by Gasteiger charge is 2.27. The molecule has 1 saturated heterocycles. The molecule has 10 nitrogen and oxygen atoms in total. The van der Waals surface area contributed by atoms with Gasteiger partial charge in [-0.25, -0.2) is 23.1 Å². The maximum absolute atomic E-state index is 13.2. The molecule has 0 unspecified atom stereocenters. The van der Waals surface area contributed by atoms with Crippen LogP contribution >= 0.6 is 0 Å². The van der Waals surface area contributed by atoms with Crippen LogP contribution in [0.1, 0.15) is 29.0 Å². The van der Waals surface area contributed by atoms with Gasteiger partial charge in [0.1, 0.15) is 12.0 Å². The van der Waals surface area contributed by atoms with Gasteiger partial charge in [-0.3, -0.25) is 4.79 Å². The number of carbonyl (C=O) groups excluding carboxylic acids is 2. The molecule has 1 fully saturated rings. The highest BCUT2D eigenvalue weighted by Crippen LogP contribution is 2.20. The van der Waals surface area contributed by atoms with Gasteiger partial charge in [0.05, 0.1) is 11.9 Å². The Morgan fingerprint density at radius 1 is 1.09 bits per heavy atom. The first-order valence-corrected chi connectivity index (χ1v) is 12.9. The lowest BCUT2D eigenvalue weighted by Crippen LogP contribution is -2.50. The number of aryl methyl sites for hydroxylation is 1. The average Bonchev–Trinajstić information content (AvgIpc) is 3.38. The Labute approximate surface area is 198 Å². The Kier molecular flexibility index (Phi) is 7.13. The number of nitrogens with zero attached hydrogens (tertiary/aromatic N) is 6. The summed E-state index contributed by atoms with van der Waals surface area (Å²) in [5.74, 6) is 0.162. The molecule has 0 radical (unpaired) electrons. The maximum Gasteiger partial charge on any atom is 0.272 e. The van der Waals surface area contributed by atoms with Gasteiger partial charge in [-0.1, -0.05) is 0 Å². The van der Waals surface area contributed by atoms with Crippen LogP contribution in [0.2, 0.25) is 0 Å². The first-order chi connectivity index (χ1) is 16.3. The molecule has 4 rings (SSSR count). The van der Waals surface area contributed by atoms with Gasteiger partial charge in [-0.05, 0) is 49.2 Å². The van der Waals surface area contributed by atoms with Crippen molar-refractivity contribution in [2.75, 3.05) is 32.4 Å². The van der Waals surface area contributed by atoms with Crippen LogP contribution in [0.15, 0.2) is 48.8 Å². The number of hydrogen-bond acceptors (Lipinski definition) is 7. The fraction of sp³-hybridized carbons (Fsp3) is 0.348. The summed E-state index contributed by atoms with van der Waals surface area (Å²) >= 11 is 0. The van der Waals surface area contributed by atoms with Crippen LogP contribution in [0.25, 0.3) is 17.1 Å². The van der Waals surface area contributed by atoms with Crippen molar-refractivity contribution < 1.29 is 18.0 Å². The standard InChI is InChI=1S/C23H26N6O4S/c1-34(32,33)28-14-12-27(13-15-28)23(31)21-17-19(5-2-3-16-30)25-22(26-21)18-6-8-20(9-7-18)29-11-4-10-24-29/h4,6-11,16-17H,2-3,5,12-15H2,1H3. The van der Waals surface area contributed by atoms with E-state index in [2.05, 4.69) is 15.1 Å². The zero-order valence-corrected chi connectivity index (χ0v) is 19.7. The van der Waals surface area contributed by atoms with Crippen LogP contribution in [0.4, 0.5) is 0 Å². The number of aldehydes is 1. The molecule has 11 heteroatoms.